The normalized spacial score (nSPS) is 20.4. The third-order valence-electron chi connectivity index (χ3n) is 6.15. The topological polar surface area (TPSA) is 41.5 Å². The Bertz CT molecular complexity index is 969. The fraction of sp³-hybridized carbons (Fsp3) is 0.407. The average molecular weight is 404 g/mol. The number of nitrogens with one attached hydrogen (secondary N) is 1. The van der Waals surface area contributed by atoms with Gasteiger partial charge in [0.25, 0.3) is 0 Å². The molecule has 30 heavy (non-hydrogen) atoms. The van der Waals surface area contributed by atoms with Crippen LogP contribution in [0, 0.1) is 0 Å². The lowest BCUT2D eigenvalue weighted by Gasteiger charge is -2.22. The van der Waals surface area contributed by atoms with Gasteiger partial charge in [-0.3, -0.25) is 0 Å². The Labute approximate surface area is 180 Å². The minimum atomic E-state index is -0.816. The van der Waals surface area contributed by atoms with Crippen molar-refractivity contribution in [2.75, 3.05) is 6.61 Å². The van der Waals surface area contributed by atoms with Gasteiger partial charge in [0.2, 0.25) is 0 Å². The van der Waals surface area contributed by atoms with Crippen molar-refractivity contribution in [3.63, 3.8) is 0 Å². The van der Waals surface area contributed by atoms with Crippen LogP contribution in [0.15, 0.2) is 66.7 Å². The summed E-state index contributed by atoms with van der Waals surface area (Å²) in [4.78, 5) is 0. The Morgan fingerprint density at radius 3 is 2.50 bits per heavy atom. The van der Waals surface area contributed by atoms with Crippen LogP contribution in [0.5, 0.6) is 5.75 Å². The van der Waals surface area contributed by atoms with E-state index in [1.54, 1.807) is 13.8 Å². The molecule has 158 valence electrons. The molecule has 0 saturated heterocycles. The van der Waals surface area contributed by atoms with E-state index in [1.807, 2.05) is 12.1 Å². The number of benzene rings is 3. The number of ether oxygens (including phenoxy) is 1. The summed E-state index contributed by atoms with van der Waals surface area (Å²) in [6.45, 7) is 6.09. The molecule has 3 aromatic carbocycles. The predicted molar refractivity (Wildman–Crippen MR) is 124 cm³/mol. The SMILES string of the molecule is C[C@@H](NC1CC[C@H](c2ccc(OCC(C)(C)O)cc2)C1)c1cccc2ccccc12. The molecule has 0 amide bonds. The molecule has 3 aromatic rings. The molecule has 0 radical (unpaired) electrons. The van der Waals surface area contributed by atoms with Crippen molar-refractivity contribution in [2.45, 2.75) is 63.6 Å². The largest absolute Gasteiger partial charge is 0.491 e. The molecule has 3 heteroatoms. The summed E-state index contributed by atoms with van der Waals surface area (Å²) in [5.41, 5.74) is 1.95. The zero-order valence-corrected chi connectivity index (χ0v) is 18.3. The molecule has 0 spiro atoms. The van der Waals surface area contributed by atoms with E-state index in [9.17, 15) is 5.11 Å². The maximum absolute atomic E-state index is 9.82. The van der Waals surface area contributed by atoms with E-state index < -0.39 is 5.60 Å². The van der Waals surface area contributed by atoms with Gasteiger partial charge < -0.3 is 15.2 Å². The quantitative estimate of drug-likeness (QED) is 0.510. The van der Waals surface area contributed by atoms with Crippen LogP contribution in [0.25, 0.3) is 10.8 Å². The third kappa shape index (κ3) is 5.03. The first-order chi connectivity index (χ1) is 14.4. The highest BCUT2D eigenvalue weighted by Gasteiger charge is 2.27. The summed E-state index contributed by atoms with van der Waals surface area (Å²) in [6.07, 6.45) is 3.58. The third-order valence-corrected chi connectivity index (χ3v) is 6.15. The highest BCUT2D eigenvalue weighted by molar-refractivity contribution is 5.86. The van der Waals surface area contributed by atoms with E-state index in [-0.39, 0.29) is 0 Å². The Hall–Kier alpha value is -2.36. The maximum atomic E-state index is 9.82. The fourth-order valence-electron chi connectivity index (χ4n) is 4.60. The van der Waals surface area contributed by atoms with Crippen molar-refractivity contribution >= 4 is 10.8 Å². The van der Waals surface area contributed by atoms with Crippen LogP contribution in [0.1, 0.15) is 63.1 Å². The van der Waals surface area contributed by atoms with Crippen LogP contribution >= 0.6 is 0 Å². The Kier molecular flexibility index (Phi) is 6.12. The molecule has 0 aromatic heterocycles. The van der Waals surface area contributed by atoms with Crippen LogP contribution in [0.4, 0.5) is 0 Å². The van der Waals surface area contributed by atoms with Crippen LogP contribution in [-0.2, 0) is 0 Å². The molecule has 1 aliphatic carbocycles. The maximum Gasteiger partial charge on any atom is 0.119 e. The summed E-state index contributed by atoms with van der Waals surface area (Å²) in [7, 11) is 0. The Morgan fingerprint density at radius 2 is 1.73 bits per heavy atom. The lowest BCUT2D eigenvalue weighted by atomic mass is 9.96. The first-order valence-electron chi connectivity index (χ1n) is 11.1. The summed E-state index contributed by atoms with van der Waals surface area (Å²) in [5.74, 6) is 1.41. The van der Waals surface area contributed by atoms with Gasteiger partial charge >= 0.3 is 0 Å². The highest BCUT2D eigenvalue weighted by Crippen LogP contribution is 2.36. The lowest BCUT2D eigenvalue weighted by Crippen LogP contribution is -2.29. The van der Waals surface area contributed by atoms with Crippen LogP contribution in [0.3, 0.4) is 0 Å². The van der Waals surface area contributed by atoms with Crippen molar-refractivity contribution in [3.05, 3.63) is 77.9 Å². The second kappa shape index (κ2) is 8.79. The minimum absolute atomic E-state index is 0.299. The van der Waals surface area contributed by atoms with Gasteiger partial charge in [0.15, 0.2) is 0 Å². The van der Waals surface area contributed by atoms with E-state index in [0.29, 0.717) is 24.6 Å². The average Bonchev–Trinajstić information content (AvgIpc) is 3.20. The van der Waals surface area contributed by atoms with Crippen molar-refractivity contribution in [2.24, 2.45) is 0 Å². The van der Waals surface area contributed by atoms with Gasteiger partial charge in [-0.2, -0.15) is 0 Å². The molecule has 4 rings (SSSR count). The molecule has 1 saturated carbocycles. The number of hydrogen-bond donors (Lipinski definition) is 2. The molecule has 3 atom stereocenters. The van der Waals surface area contributed by atoms with E-state index in [1.165, 1.54) is 41.2 Å². The van der Waals surface area contributed by atoms with Gasteiger partial charge in [-0.25, -0.2) is 0 Å². The van der Waals surface area contributed by atoms with Gasteiger partial charge in [0.1, 0.15) is 12.4 Å². The van der Waals surface area contributed by atoms with Crippen molar-refractivity contribution in [3.8, 4) is 5.75 Å². The number of hydrogen-bond acceptors (Lipinski definition) is 3. The predicted octanol–water partition coefficient (Wildman–Crippen LogP) is 5.98. The first kappa shape index (κ1) is 20.9. The van der Waals surface area contributed by atoms with E-state index >= 15 is 0 Å². The van der Waals surface area contributed by atoms with Gasteiger partial charge in [-0.15, -0.1) is 0 Å². The standard InChI is InChI=1S/C27H33NO2/c1-19(25-10-6-8-21-7-4-5-9-26(21)25)28-23-14-11-22(17-23)20-12-15-24(16-13-20)30-18-27(2,3)29/h4-10,12-13,15-16,19,22-23,28-29H,11,14,17-18H2,1-3H3/t19-,22+,23?/m1/s1. The van der Waals surface area contributed by atoms with Gasteiger partial charge in [0.05, 0.1) is 5.60 Å². The van der Waals surface area contributed by atoms with Gasteiger partial charge in [0, 0.05) is 12.1 Å². The highest BCUT2D eigenvalue weighted by atomic mass is 16.5. The monoisotopic (exact) mass is 403 g/mol. The summed E-state index contributed by atoms with van der Waals surface area (Å²) in [6, 6.07) is 24.5. The molecule has 3 nitrogen and oxygen atoms in total. The molecule has 2 N–H and O–H groups in total. The molecular weight excluding hydrogens is 370 g/mol. The van der Waals surface area contributed by atoms with Crippen LogP contribution < -0.4 is 10.1 Å². The van der Waals surface area contributed by atoms with Crippen molar-refractivity contribution < 1.29 is 9.84 Å². The molecule has 1 aliphatic rings. The lowest BCUT2D eigenvalue weighted by molar-refractivity contribution is 0.0285. The molecule has 0 aliphatic heterocycles. The summed E-state index contributed by atoms with van der Waals surface area (Å²) >= 11 is 0. The smallest absolute Gasteiger partial charge is 0.119 e. The minimum Gasteiger partial charge on any atom is -0.491 e. The van der Waals surface area contributed by atoms with E-state index in [4.69, 9.17) is 4.74 Å². The number of aliphatic hydroxyl groups is 1. The Balaban J connectivity index is 1.36. The molecule has 0 bridgehead atoms. The van der Waals surface area contributed by atoms with Crippen LogP contribution in [0.2, 0.25) is 0 Å². The molecule has 1 unspecified atom stereocenters. The first-order valence-corrected chi connectivity index (χ1v) is 11.1. The van der Waals surface area contributed by atoms with Crippen molar-refractivity contribution in [1.82, 2.24) is 5.32 Å². The van der Waals surface area contributed by atoms with E-state index in [0.717, 1.165) is 5.75 Å². The fourth-order valence-corrected chi connectivity index (χ4v) is 4.60. The van der Waals surface area contributed by atoms with Gasteiger partial charge in [-0.05, 0) is 80.0 Å². The molecular formula is C27H33NO2. The van der Waals surface area contributed by atoms with Crippen LogP contribution in [-0.4, -0.2) is 23.4 Å². The molecule has 1 fully saturated rings. The van der Waals surface area contributed by atoms with Gasteiger partial charge in [-0.1, -0.05) is 54.6 Å². The zero-order valence-electron chi connectivity index (χ0n) is 18.3. The second-order valence-corrected chi connectivity index (χ2v) is 9.33. The second-order valence-electron chi connectivity index (χ2n) is 9.33. The number of rotatable bonds is 7. The summed E-state index contributed by atoms with van der Waals surface area (Å²) in [5, 5.41) is 16.3. The Morgan fingerprint density at radius 1 is 1.00 bits per heavy atom. The van der Waals surface area contributed by atoms with Crippen molar-refractivity contribution in [1.29, 1.82) is 0 Å². The number of fused-ring (bicyclic) bond motifs is 1. The summed E-state index contributed by atoms with van der Waals surface area (Å²) < 4.78 is 5.68. The van der Waals surface area contributed by atoms with E-state index in [2.05, 4.69) is 66.8 Å². The molecule has 0 heterocycles. The zero-order chi connectivity index (χ0) is 21.1.